The first-order valence-electron chi connectivity index (χ1n) is 14.5. The standard InChI is InChI=1S/C32H46N2O5/c1-3-5-6-7-8-9-10-11-14-23-37-28-19-17-27(18-20-28)33-34-30-22-21-29(26-31(30)35)38-24-15-12-13-16-25-39-32(36)4-2/h4,17-22,26,35H,2-3,5-16,23-25H2,1H3. The summed E-state index contributed by atoms with van der Waals surface area (Å²) < 4.78 is 16.5. The van der Waals surface area contributed by atoms with E-state index in [0.717, 1.165) is 44.5 Å². The maximum Gasteiger partial charge on any atom is 0.330 e. The average Bonchev–Trinajstić information content (AvgIpc) is 2.95. The molecule has 0 spiro atoms. The van der Waals surface area contributed by atoms with E-state index in [1.54, 1.807) is 18.2 Å². The molecule has 0 unspecified atom stereocenters. The summed E-state index contributed by atoms with van der Waals surface area (Å²) in [4.78, 5) is 11.0. The van der Waals surface area contributed by atoms with Gasteiger partial charge in [-0.2, -0.15) is 5.11 Å². The summed E-state index contributed by atoms with van der Waals surface area (Å²) in [5.41, 5.74) is 1.06. The van der Waals surface area contributed by atoms with Crippen molar-refractivity contribution in [2.45, 2.75) is 90.4 Å². The predicted molar refractivity (Wildman–Crippen MR) is 157 cm³/mol. The third-order valence-corrected chi connectivity index (χ3v) is 6.29. The van der Waals surface area contributed by atoms with Crippen LogP contribution in [0.1, 0.15) is 90.4 Å². The number of rotatable bonds is 22. The van der Waals surface area contributed by atoms with E-state index >= 15 is 0 Å². The normalized spacial score (nSPS) is 11.0. The molecule has 0 aromatic heterocycles. The van der Waals surface area contributed by atoms with Crippen LogP contribution in [0.5, 0.6) is 17.2 Å². The van der Waals surface area contributed by atoms with E-state index in [0.29, 0.717) is 30.3 Å². The molecule has 214 valence electrons. The van der Waals surface area contributed by atoms with Crippen molar-refractivity contribution in [3.05, 3.63) is 55.1 Å². The second kappa shape index (κ2) is 20.6. The quantitative estimate of drug-likeness (QED) is 0.0698. The van der Waals surface area contributed by atoms with Crippen LogP contribution in [-0.2, 0) is 9.53 Å². The number of phenolic OH excluding ortho intramolecular Hbond substituents is 1. The summed E-state index contributed by atoms with van der Waals surface area (Å²) in [6.07, 6.45) is 16.4. The van der Waals surface area contributed by atoms with Crippen LogP contribution in [0, 0.1) is 0 Å². The van der Waals surface area contributed by atoms with Crippen LogP contribution in [0.4, 0.5) is 11.4 Å². The molecule has 0 saturated carbocycles. The summed E-state index contributed by atoms with van der Waals surface area (Å²) in [5, 5.41) is 18.7. The van der Waals surface area contributed by atoms with E-state index in [-0.39, 0.29) is 11.7 Å². The molecule has 0 aliphatic rings. The zero-order valence-corrected chi connectivity index (χ0v) is 23.6. The molecule has 0 heterocycles. The molecule has 0 amide bonds. The van der Waals surface area contributed by atoms with Gasteiger partial charge < -0.3 is 19.3 Å². The van der Waals surface area contributed by atoms with Crippen LogP contribution in [-0.4, -0.2) is 30.9 Å². The van der Waals surface area contributed by atoms with Gasteiger partial charge in [-0.1, -0.05) is 64.9 Å². The number of phenols is 1. The molecule has 0 aliphatic carbocycles. The van der Waals surface area contributed by atoms with Gasteiger partial charge >= 0.3 is 5.97 Å². The Kier molecular flexibility index (Phi) is 16.8. The summed E-state index contributed by atoms with van der Waals surface area (Å²) in [5.74, 6) is 1.04. The van der Waals surface area contributed by atoms with Gasteiger partial charge in [0.2, 0.25) is 0 Å². The van der Waals surface area contributed by atoms with E-state index < -0.39 is 0 Å². The number of hydrogen-bond donors (Lipinski definition) is 1. The number of unbranched alkanes of at least 4 members (excludes halogenated alkanes) is 11. The minimum atomic E-state index is -0.386. The number of aromatic hydroxyl groups is 1. The van der Waals surface area contributed by atoms with Crippen molar-refractivity contribution in [2.75, 3.05) is 19.8 Å². The lowest BCUT2D eigenvalue weighted by atomic mass is 10.1. The number of carbonyl (C=O) groups excluding carboxylic acids is 1. The molecule has 0 saturated heterocycles. The summed E-state index contributed by atoms with van der Waals surface area (Å²) >= 11 is 0. The fourth-order valence-electron chi connectivity index (χ4n) is 3.98. The Bertz CT molecular complexity index is 975. The van der Waals surface area contributed by atoms with Crippen molar-refractivity contribution in [3.8, 4) is 17.2 Å². The molecule has 7 nitrogen and oxygen atoms in total. The van der Waals surface area contributed by atoms with Gasteiger partial charge in [-0.15, -0.1) is 5.11 Å². The van der Waals surface area contributed by atoms with Gasteiger partial charge in [0, 0.05) is 12.1 Å². The van der Waals surface area contributed by atoms with Gasteiger partial charge in [0.15, 0.2) is 0 Å². The van der Waals surface area contributed by atoms with E-state index in [9.17, 15) is 9.90 Å². The van der Waals surface area contributed by atoms with Gasteiger partial charge in [-0.25, -0.2) is 4.79 Å². The van der Waals surface area contributed by atoms with Crippen molar-refractivity contribution in [2.24, 2.45) is 10.2 Å². The topological polar surface area (TPSA) is 89.7 Å². The number of benzene rings is 2. The second-order valence-electron chi connectivity index (χ2n) is 9.66. The molecular weight excluding hydrogens is 492 g/mol. The zero-order chi connectivity index (χ0) is 28.0. The molecule has 1 N–H and O–H groups in total. The van der Waals surface area contributed by atoms with Gasteiger partial charge in [0.05, 0.1) is 25.5 Å². The third-order valence-electron chi connectivity index (χ3n) is 6.29. The highest BCUT2D eigenvalue weighted by Gasteiger charge is 2.04. The lowest BCUT2D eigenvalue weighted by Crippen LogP contribution is -2.02. The smallest absolute Gasteiger partial charge is 0.330 e. The summed E-state index contributed by atoms with van der Waals surface area (Å²) in [7, 11) is 0. The van der Waals surface area contributed by atoms with Crippen LogP contribution in [0.3, 0.4) is 0 Å². The van der Waals surface area contributed by atoms with Crippen molar-refractivity contribution in [1.82, 2.24) is 0 Å². The van der Waals surface area contributed by atoms with Crippen LogP contribution < -0.4 is 9.47 Å². The number of hydrogen-bond acceptors (Lipinski definition) is 7. The largest absolute Gasteiger partial charge is 0.505 e. The first-order chi connectivity index (χ1) is 19.1. The van der Waals surface area contributed by atoms with Gasteiger partial charge in [0.1, 0.15) is 22.9 Å². The molecule has 0 fully saturated rings. The fraction of sp³-hybridized carbons (Fsp3) is 0.531. The van der Waals surface area contributed by atoms with E-state index in [1.165, 1.54) is 57.4 Å². The van der Waals surface area contributed by atoms with Crippen LogP contribution in [0.25, 0.3) is 0 Å². The molecule has 0 aliphatic heterocycles. The molecule has 0 atom stereocenters. The first kappa shape index (κ1) is 31.9. The highest BCUT2D eigenvalue weighted by atomic mass is 16.5. The lowest BCUT2D eigenvalue weighted by molar-refractivity contribution is -0.137. The number of carbonyl (C=O) groups is 1. The van der Waals surface area contributed by atoms with Gasteiger partial charge in [0.25, 0.3) is 0 Å². The average molecular weight is 539 g/mol. The molecular formula is C32H46N2O5. The number of esters is 1. The Balaban J connectivity index is 1.60. The molecule has 39 heavy (non-hydrogen) atoms. The Hall–Kier alpha value is -3.35. The number of azo groups is 1. The van der Waals surface area contributed by atoms with E-state index in [2.05, 4.69) is 23.7 Å². The van der Waals surface area contributed by atoms with Gasteiger partial charge in [-0.05, 0) is 68.5 Å². The Labute approximate surface area is 234 Å². The highest BCUT2D eigenvalue weighted by Crippen LogP contribution is 2.32. The lowest BCUT2D eigenvalue weighted by Gasteiger charge is -2.08. The first-order valence-corrected chi connectivity index (χ1v) is 14.5. The van der Waals surface area contributed by atoms with Crippen LogP contribution in [0.2, 0.25) is 0 Å². The van der Waals surface area contributed by atoms with E-state index in [4.69, 9.17) is 14.2 Å². The minimum absolute atomic E-state index is 0.0150. The van der Waals surface area contributed by atoms with Crippen molar-refractivity contribution in [1.29, 1.82) is 0 Å². The van der Waals surface area contributed by atoms with Crippen molar-refractivity contribution in [3.63, 3.8) is 0 Å². The molecule has 2 rings (SSSR count). The monoisotopic (exact) mass is 538 g/mol. The van der Waals surface area contributed by atoms with Crippen molar-refractivity contribution >= 4 is 17.3 Å². The fourth-order valence-corrected chi connectivity index (χ4v) is 3.98. The second-order valence-corrected chi connectivity index (χ2v) is 9.66. The van der Waals surface area contributed by atoms with Crippen molar-refractivity contribution < 1.29 is 24.1 Å². The molecule has 0 bridgehead atoms. The van der Waals surface area contributed by atoms with E-state index in [1.807, 2.05) is 24.3 Å². The van der Waals surface area contributed by atoms with Gasteiger partial charge in [-0.3, -0.25) is 0 Å². The molecule has 7 heteroatoms. The third kappa shape index (κ3) is 15.0. The summed E-state index contributed by atoms with van der Waals surface area (Å²) in [6, 6.07) is 12.5. The zero-order valence-electron chi connectivity index (χ0n) is 23.6. The molecule has 2 aromatic carbocycles. The maximum atomic E-state index is 11.0. The molecule has 0 radical (unpaired) electrons. The Morgan fingerprint density at radius 2 is 1.28 bits per heavy atom. The minimum Gasteiger partial charge on any atom is -0.505 e. The Morgan fingerprint density at radius 3 is 1.87 bits per heavy atom. The molecule has 2 aromatic rings. The predicted octanol–water partition coefficient (Wildman–Crippen LogP) is 9.39. The van der Waals surface area contributed by atoms with Crippen LogP contribution >= 0.6 is 0 Å². The van der Waals surface area contributed by atoms with Crippen LogP contribution in [0.15, 0.2) is 65.3 Å². The summed E-state index contributed by atoms with van der Waals surface area (Å²) in [6.45, 7) is 7.30. The number of ether oxygens (including phenoxy) is 3. The maximum absolute atomic E-state index is 11.0. The SMILES string of the molecule is C=CC(=O)OCCCCCCOc1ccc(N=Nc2ccc(OCCCCCCCCCCC)cc2)c(O)c1. The highest BCUT2D eigenvalue weighted by molar-refractivity contribution is 5.81. The number of nitrogens with zero attached hydrogens (tertiary/aromatic N) is 2. The Morgan fingerprint density at radius 1 is 0.744 bits per heavy atom.